The fourth-order valence-corrected chi connectivity index (χ4v) is 5.46. The molecule has 0 aliphatic heterocycles. The van der Waals surface area contributed by atoms with Crippen LogP contribution >= 0.6 is 11.3 Å². The topological polar surface area (TPSA) is 88.6 Å². The Balaban J connectivity index is 1.79. The van der Waals surface area contributed by atoms with Gasteiger partial charge >= 0.3 is 0 Å². The van der Waals surface area contributed by atoms with E-state index in [0.29, 0.717) is 35.1 Å². The number of methoxy groups -OCH3 is 1. The molecule has 0 spiro atoms. The van der Waals surface area contributed by atoms with Crippen LogP contribution in [0.4, 0.5) is 10.1 Å². The minimum Gasteiger partial charge on any atom is -0.495 e. The number of sulfonamides is 1. The normalized spacial score (nSPS) is 11.5. The largest absolute Gasteiger partial charge is 0.495 e. The number of aromatic nitrogens is 1. The number of thiazole rings is 1. The summed E-state index contributed by atoms with van der Waals surface area (Å²) in [5.74, 6) is -0.393. The van der Waals surface area contributed by atoms with E-state index in [-0.39, 0.29) is 28.7 Å². The molecule has 32 heavy (non-hydrogen) atoms. The van der Waals surface area contributed by atoms with E-state index in [0.717, 1.165) is 0 Å². The highest BCUT2D eigenvalue weighted by atomic mass is 32.2. The molecule has 0 aliphatic carbocycles. The summed E-state index contributed by atoms with van der Waals surface area (Å²) in [4.78, 5) is 17.1. The number of anilines is 1. The van der Waals surface area contributed by atoms with Crippen LogP contribution in [-0.4, -0.2) is 43.8 Å². The maximum Gasteiger partial charge on any atom is 0.243 e. The lowest BCUT2D eigenvalue weighted by Crippen LogP contribution is -2.30. The molecule has 0 bridgehead atoms. The van der Waals surface area contributed by atoms with E-state index in [1.54, 1.807) is 31.4 Å². The van der Waals surface area contributed by atoms with Crippen molar-refractivity contribution < 1.29 is 22.3 Å². The third-order valence-corrected chi connectivity index (χ3v) is 7.74. The first-order chi connectivity index (χ1) is 15.3. The number of ether oxygens (including phenoxy) is 1. The second-order valence-electron chi connectivity index (χ2n) is 6.83. The molecule has 1 amide bonds. The monoisotopic (exact) mass is 477 g/mol. The van der Waals surface area contributed by atoms with E-state index in [9.17, 15) is 17.6 Å². The Hall–Kier alpha value is -2.82. The lowest BCUT2D eigenvalue weighted by Gasteiger charge is -2.19. The van der Waals surface area contributed by atoms with Crippen LogP contribution in [0.15, 0.2) is 52.7 Å². The van der Waals surface area contributed by atoms with E-state index < -0.39 is 10.0 Å². The Kier molecular flexibility index (Phi) is 7.60. The molecule has 0 fully saturated rings. The standard InChI is InChI=1S/C22H24FN3O4S2/c1-4-26(5-2)32(28,29)18-9-10-20(30-3)19(13-18)25-21(27)12-17-14-31-22(24-17)15-7-6-8-16(23)11-15/h6-11,13-14H,4-5,12H2,1-3H3,(H,25,27). The van der Waals surface area contributed by atoms with E-state index in [1.807, 2.05) is 0 Å². The van der Waals surface area contributed by atoms with E-state index in [1.165, 1.54) is 53.1 Å². The molecule has 3 rings (SSSR count). The highest BCUT2D eigenvalue weighted by Crippen LogP contribution is 2.29. The number of nitrogens with one attached hydrogen (secondary N) is 1. The third-order valence-electron chi connectivity index (χ3n) is 4.75. The molecule has 170 valence electrons. The molecule has 0 radical (unpaired) electrons. The van der Waals surface area contributed by atoms with Crippen molar-refractivity contribution in [1.29, 1.82) is 0 Å². The highest BCUT2D eigenvalue weighted by Gasteiger charge is 2.23. The van der Waals surface area contributed by atoms with Crippen molar-refractivity contribution in [2.75, 3.05) is 25.5 Å². The van der Waals surface area contributed by atoms with Crippen molar-refractivity contribution in [2.45, 2.75) is 25.2 Å². The summed E-state index contributed by atoms with van der Waals surface area (Å²) in [6.45, 7) is 4.20. The SMILES string of the molecule is CCN(CC)S(=O)(=O)c1ccc(OC)c(NC(=O)Cc2csc(-c3cccc(F)c3)n2)c1. The molecule has 0 unspecified atom stereocenters. The quantitative estimate of drug-likeness (QED) is 0.500. The Bertz CT molecular complexity index is 1210. The number of carbonyl (C=O) groups excluding carboxylic acids is 1. The predicted molar refractivity (Wildman–Crippen MR) is 123 cm³/mol. The molecule has 1 aromatic heterocycles. The second-order valence-corrected chi connectivity index (χ2v) is 9.63. The first kappa shape index (κ1) is 23.8. The van der Waals surface area contributed by atoms with Crippen molar-refractivity contribution in [3.63, 3.8) is 0 Å². The van der Waals surface area contributed by atoms with Gasteiger partial charge in [-0.2, -0.15) is 4.31 Å². The molecule has 10 heteroatoms. The minimum absolute atomic E-state index is 0.0258. The van der Waals surface area contributed by atoms with Crippen LogP contribution in [0.5, 0.6) is 5.75 Å². The Morgan fingerprint density at radius 2 is 1.94 bits per heavy atom. The van der Waals surface area contributed by atoms with Gasteiger partial charge in [0.1, 0.15) is 16.6 Å². The number of carbonyl (C=O) groups is 1. The van der Waals surface area contributed by atoms with Gasteiger partial charge in [-0.05, 0) is 30.3 Å². The lowest BCUT2D eigenvalue weighted by atomic mass is 10.2. The zero-order chi connectivity index (χ0) is 23.3. The van der Waals surface area contributed by atoms with E-state index in [4.69, 9.17) is 4.74 Å². The number of amides is 1. The number of halogens is 1. The molecule has 1 N–H and O–H groups in total. The average Bonchev–Trinajstić information content (AvgIpc) is 3.22. The van der Waals surface area contributed by atoms with Gasteiger partial charge < -0.3 is 10.1 Å². The Morgan fingerprint density at radius 3 is 2.59 bits per heavy atom. The molecule has 1 heterocycles. The summed E-state index contributed by atoms with van der Waals surface area (Å²) in [7, 11) is -2.25. The number of rotatable bonds is 9. The van der Waals surface area contributed by atoms with Gasteiger partial charge in [0.05, 0.1) is 29.8 Å². The predicted octanol–water partition coefficient (Wildman–Crippen LogP) is 4.17. The summed E-state index contributed by atoms with van der Waals surface area (Å²) >= 11 is 1.31. The Morgan fingerprint density at radius 1 is 1.19 bits per heavy atom. The van der Waals surface area contributed by atoms with Crippen LogP contribution in [-0.2, 0) is 21.2 Å². The van der Waals surface area contributed by atoms with Crippen LogP contribution in [0.2, 0.25) is 0 Å². The van der Waals surface area contributed by atoms with Gasteiger partial charge in [0.15, 0.2) is 0 Å². The molecular weight excluding hydrogens is 453 g/mol. The smallest absolute Gasteiger partial charge is 0.243 e. The van der Waals surface area contributed by atoms with Crippen LogP contribution in [0.1, 0.15) is 19.5 Å². The molecule has 0 saturated carbocycles. The van der Waals surface area contributed by atoms with E-state index in [2.05, 4.69) is 10.3 Å². The summed E-state index contributed by atoms with van der Waals surface area (Å²) in [6.07, 6.45) is -0.0258. The number of benzene rings is 2. The Labute approximate surface area is 190 Å². The molecule has 3 aromatic rings. The maximum atomic E-state index is 13.5. The third kappa shape index (κ3) is 5.32. The molecule has 0 atom stereocenters. The van der Waals surface area contributed by atoms with Gasteiger partial charge in [0.2, 0.25) is 15.9 Å². The average molecular weight is 478 g/mol. The van der Waals surface area contributed by atoms with Gasteiger partial charge in [-0.1, -0.05) is 26.0 Å². The van der Waals surface area contributed by atoms with Gasteiger partial charge in [0.25, 0.3) is 0 Å². The number of hydrogen-bond acceptors (Lipinski definition) is 6. The van der Waals surface area contributed by atoms with Gasteiger partial charge in [-0.25, -0.2) is 17.8 Å². The summed E-state index contributed by atoms with van der Waals surface area (Å²) in [5.41, 5.74) is 1.42. The van der Waals surface area contributed by atoms with Crippen LogP contribution in [0.25, 0.3) is 10.6 Å². The fourth-order valence-electron chi connectivity index (χ4n) is 3.16. The zero-order valence-corrected chi connectivity index (χ0v) is 19.6. The van der Waals surface area contributed by atoms with Gasteiger partial charge in [0, 0.05) is 24.0 Å². The van der Waals surface area contributed by atoms with Crippen molar-refractivity contribution in [2.24, 2.45) is 0 Å². The summed E-state index contributed by atoms with van der Waals surface area (Å²) in [5, 5.41) is 5.06. The minimum atomic E-state index is -3.69. The molecule has 0 saturated heterocycles. The second kappa shape index (κ2) is 10.2. The van der Waals surface area contributed by atoms with Crippen LogP contribution in [0.3, 0.4) is 0 Å². The zero-order valence-electron chi connectivity index (χ0n) is 18.0. The summed E-state index contributed by atoms with van der Waals surface area (Å²) < 4.78 is 45.7. The van der Waals surface area contributed by atoms with Crippen LogP contribution in [0, 0.1) is 5.82 Å². The fraction of sp³-hybridized carbons (Fsp3) is 0.273. The molecule has 0 aliphatic rings. The van der Waals surface area contributed by atoms with Crippen molar-refractivity contribution in [3.8, 4) is 16.3 Å². The lowest BCUT2D eigenvalue weighted by molar-refractivity contribution is -0.115. The first-order valence-electron chi connectivity index (χ1n) is 9.96. The molecular formula is C22H24FN3O4S2. The number of hydrogen-bond donors (Lipinski definition) is 1. The van der Waals surface area contributed by atoms with Crippen molar-refractivity contribution in [3.05, 3.63) is 59.4 Å². The number of nitrogens with zero attached hydrogens (tertiary/aromatic N) is 2. The van der Waals surface area contributed by atoms with Crippen molar-refractivity contribution in [1.82, 2.24) is 9.29 Å². The van der Waals surface area contributed by atoms with Gasteiger partial charge in [-0.3, -0.25) is 4.79 Å². The summed E-state index contributed by atoms with van der Waals surface area (Å²) in [6, 6.07) is 10.4. The first-order valence-corrected chi connectivity index (χ1v) is 12.3. The molecule has 2 aromatic carbocycles. The highest BCUT2D eigenvalue weighted by molar-refractivity contribution is 7.89. The van der Waals surface area contributed by atoms with Crippen LogP contribution < -0.4 is 10.1 Å². The maximum absolute atomic E-state index is 13.5. The van der Waals surface area contributed by atoms with Gasteiger partial charge in [-0.15, -0.1) is 11.3 Å². The van der Waals surface area contributed by atoms with E-state index >= 15 is 0 Å². The van der Waals surface area contributed by atoms with Crippen molar-refractivity contribution >= 4 is 33.0 Å². The molecule has 7 nitrogen and oxygen atoms in total.